The van der Waals surface area contributed by atoms with Gasteiger partial charge in [0.15, 0.2) is 11.5 Å². The number of carbonyl (C=O) groups excluding carboxylic acids is 2. The van der Waals surface area contributed by atoms with Gasteiger partial charge >= 0.3 is 0 Å². The molecule has 24 heavy (non-hydrogen) atoms. The molecule has 2 rings (SSSR count). The lowest BCUT2D eigenvalue weighted by Gasteiger charge is -2.35. The normalized spacial score (nSPS) is 15.3. The van der Waals surface area contributed by atoms with E-state index in [9.17, 15) is 9.59 Å². The van der Waals surface area contributed by atoms with E-state index in [0.717, 1.165) is 0 Å². The SMILES string of the molecule is COc1ccc(C(=O)N2CCN(C(=O)C(C)N)CC2)cc1OC.Cl. The van der Waals surface area contributed by atoms with Crippen LogP contribution in [-0.4, -0.2) is 68.1 Å². The van der Waals surface area contributed by atoms with Crippen LogP contribution in [0.15, 0.2) is 18.2 Å². The number of methoxy groups -OCH3 is 2. The number of ether oxygens (including phenoxy) is 2. The summed E-state index contributed by atoms with van der Waals surface area (Å²) in [5.41, 5.74) is 6.15. The molecule has 8 heteroatoms. The summed E-state index contributed by atoms with van der Waals surface area (Å²) in [6.07, 6.45) is 0. The smallest absolute Gasteiger partial charge is 0.254 e. The number of hydrogen-bond donors (Lipinski definition) is 1. The van der Waals surface area contributed by atoms with Crippen LogP contribution in [0.25, 0.3) is 0 Å². The summed E-state index contributed by atoms with van der Waals surface area (Å²) in [6.45, 7) is 3.65. The fourth-order valence-corrected chi connectivity index (χ4v) is 2.57. The number of carbonyl (C=O) groups is 2. The zero-order valence-corrected chi connectivity index (χ0v) is 15.0. The Kier molecular flexibility index (Phi) is 7.31. The lowest BCUT2D eigenvalue weighted by molar-refractivity contribution is -0.133. The predicted octanol–water partition coefficient (Wildman–Crippen LogP) is 0.757. The fourth-order valence-electron chi connectivity index (χ4n) is 2.57. The molecule has 1 saturated heterocycles. The van der Waals surface area contributed by atoms with Crippen molar-refractivity contribution in [3.8, 4) is 11.5 Å². The molecule has 1 fully saturated rings. The van der Waals surface area contributed by atoms with Gasteiger partial charge in [-0.25, -0.2) is 0 Å². The molecule has 1 unspecified atom stereocenters. The van der Waals surface area contributed by atoms with Gasteiger partial charge in [0.25, 0.3) is 5.91 Å². The van der Waals surface area contributed by atoms with Gasteiger partial charge in [-0.05, 0) is 25.1 Å². The van der Waals surface area contributed by atoms with Crippen molar-refractivity contribution >= 4 is 24.2 Å². The van der Waals surface area contributed by atoms with E-state index in [1.54, 1.807) is 42.0 Å². The number of nitrogens with zero attached hydrogens (tertiary/aromatic N) is 2. The Labute approximate surface area is 148 Å². The van der Waals surface area contributed by atoms with Crippen molar-refractivity contribution in [3.63, 3.8) is 0 Å². The van der Waals surface area contributed by atoms with E-state index in [4.69, 9.17) is 15.2 Å². The number of benzene rings is 1. The second-order valence-corrected chi connectivity index (χ2v) is 5.48. The molecule has 2 N–H and O–H groups in total. The molecule has 134 valence electrons. The summed E-state index contributed by atoms with van der Waals surface area (Å²) in [4.78, 5) is 27.9. The number of piperazine rings is 1. The monoisotopic (exact) mass is 357 g/mol. The van der Waals surface area contributed by atoms with Crippen molar-refractivity contribution in [1.82, 2.24) is 9.80 Å². The van der Waals surface area contributed by atoms with E-state index >= 15 is 0 Å². The molecular weight excluding hydrogens is 334 g/mol. The van der Waals surface area contributed by atoms with Crippen molar-refractivity contribution in [3.05, 3.63) is 23.8 Å². The number of hydrogen-bond acceptors (Lipinski definition) is 5. The number of nitrogens with two attached hydrogens (primary N) is 1. The second-order valence-electron chi connectivity index (χ2n) is 5.48. The molecule has 0 aliphatic carbocycles. The van der Waals surface area contributed by atoms with E-state index in [1.807, 2.05) is 0 Å². The molecule has 0 bridgehead atoms. The van der Waals surface area contributed by atoms with E-state index in [0.29, 0.717) is 43.2 Å². The Hall–Kier alpha value is -1.99. The summed E-state index contributed by atoms with van der Waals surface area (Å²) in [5, 5.41) is 0. The Balaban J connectivity index is 0.00000288. The van der Waals surface area contributed by atoms with E-state index < -0.39 is 6.04 Å². The maximum absolute atomic E-state index is 12.6. The number of amides is 2. The quantitative estimate of drug-likeness (QED) is 0.859. The zero-order chi connectivity index (χ0) is 17.0. The van der Waals surface area contributed by atoms with Crippen LogP contribution in [0.4, 0.5) is 0 Å². The minimum absolute atomic E-state index is 0. The molecule has 0 saturated carbocycles. The molecule has 1 atom stereocenters. The maximum atomic E-state index is 12.6. The Bertz CT molecular complexity index is 587. The van der Waals surface area contributed by atoms with Gasteiger partial charge in [-0.3, -0.25) is 9.59 Å². The third kappa shape index (κ3) is 4.30. The van der Waals surface area contributed by atoms with Gasteiger partial charge < -0.3 is 25.0 Å². The van der Waals surface area contributed by atoms with Gasteiger partial charge in [-0.1, -0.05) is 0 Å². The van der Waals surface area contributed by atoms with Gasteiger partial charge in [0, 0.05) is 31.7 Å². The van der Waals surface area contributed by atoms with Gasteiger partial charge in [-0.15, -0.1) is 12.4 Å². The van der Waals surface area contributed by atoms with Crippen molar-refractivity contribution < 1.29 is 19.1 Å². The summed E-state index contributed by atoms with van der Waals surface area (Å²) < 4.78 is 10.4. The van der Waals surface area contributed by atoms with Crippen molar-refractivity contribution in [2.75, 3.05) is 40.4 Å². The molecule has 0 aromatic heterocycles. The largest absolute Gasteiger partial charge is 0.493 e. The van der Waals surface area contributed by atoms with Crippen LogP contribution in [0.3, 0.4) is 0 Å². The Morgan fingerprint density at radius 1 is 1.04 bits per heavy atom. The minimum Gasteiger partial charge on any atom is -0.493 e. The molecule has 2 amide bonds. The third-order valence-corrected chi connectivity index (χ3v) is 3.90. The van der Waals surface area contributed by atoms with Crippen LogP contribution >= 0.6 is 12.4 Å². The number of rotatable bonds is 4. The standard InChI is InChI=1S/C16H23N3O4.ClH/c1-11(17)15(20)18-6-8-19(9-7-18)16(21)12-4-5-13(22-2)14(10-12)23-3;/h4-5,10-11H,6-9,17H2,1-3H3;1H. The average Bonchev–Trinajstić information content (AvgIpc) is 2.59. The first kappa shape index (κ1) is 20.1. The van der Waals surface area contributed by atoms with Crippen molar-refractivity contribution in [1.29, 1.82) is 0 Å². The van der Waals surface area contributed by atoms with E-state index in [2.05, 4.69) is 0 Å². The molecule has 1 heterocycles. The van der Waals surface area contributed by atoms with Crippen LogP contribution in [0.5, 0.6) is 11.5 Å². The molecular formula is C16H24ClN3O4. The topological polar surface area (TPSA) is 85.1 Å². The minimum atomic E-state index is -0.511. The van der Waals surface area contributed by atoms with Crippen LogP contribution < -0.4 is 15.2 Å². The lowest BCUT2D eigenvalue weighted by atomic mass is 10.1. The summed E-state index contributed by atoms with van der Waals surface area (Å²) in [6, 6.07) is 4.58. The zero-order valence-electron chi connectivity index (χ0n) is 14.2. The summed E-state index contributed by atoms with van der Waals surface area (Å²) >= 11 is 0. The highest BCUT2D eigenvalue weighted by Gasteiger charge is 2.26. The van der Waals surface area contributed by atoms with E-state index in [-0.39, 0.29) is 24.2 Å². The molecule has 1 aromatic rings. The predicted molar refractivity (Wildman–Crippen MR) is 92.9 cm³/mol. The molecule has 1 aliphatic rings. The van der Waals surface area contributed by atoms with E-state index in [1.165, 1.54) is 7.11 Å². The maximum Gasteiger partial charge on any atom is 0.254 e. The third-order valence-electron chi connectivity index (χ3n) is 3.90. The highest BCUT2D eigenvalue weighted by Crippen LogP contribution is 2.28. The van der Waals surface area contributed by atoms with Crippen LogP contribution in [0.2, 0.25) is 0 Å². The van der Waals surface area contributed by atoms with Gasteiger partial charge in [0.1, 0.15) is 0 Å². The van der Waals surface area contributed by atoms with Crippen molar-refractivity contribution in [2.45, 2.75) is 13.0 Å². The molecule has 0 radical (unpaired) electrons. The highest BCUT2D eigenvalue weighted by atomic mass is 35.5. The lowest BCUT2D eigenvalue weighted by Crippen LogP contribution is -2.53. The molecule has 7 nitrogen and oxygen atoms in total. The Morgan fingerprint density at radius 3 is 2.08 bits per heavy atom. The second kappa shape index (κ2) is 8.75. The molecule has 1 aliphatic heterocycles. The van der Waals surface area contributed by atoms with Crippen LogP contribution in [-0.2, 0) is 4.79 Å². The fraction of sp³-hybridized carbons (Fsp3) is 0.500. The Morgan fingerprint density at radius 2 is 1.58 bits per heavy atom. The van der Waals surface area contributed by atoms with Gasteiger partial charge in [0.2, 0.25) is 5.91 Å². The number of halogens is 1. The first-order valence-corrected chi connectivity index (χ1v) is 7.53. The first-order chi connectivity index (χ1) is 11.0. The first-order valence-electron chi connectivity index (χ1n) is 7.53. The van der Waals surface area contributed by atoms with Gasteiger partial charge in [-0.2, -0.15) is 0 Å². The van der Waals surface area contributed by atoms with Crippen molar-refractivity contribution in [2.24, 2.45) is 5.73 Å². The average molecular weight is 358 g/mol. The highest BCUT2D eigenvalue weighted by molar-refractivity contribution is 5.95. The van der Waals surface area contributed by atoms with Crippen LogP contribution in [0, 0.1) is 0 Å². The summed E-state index contributed by atoms with van der Waals surface area (Å²) in [5.74, 6) is 0.933. The molecule has 0 spiro atoms. The van der Waals surface area contributed by atoms with Crippen LogP contribution in [0.1, 0.15) is 17.3 Å². The summed E-state index contributed by atoms with van der Waals surface area (Å²) in [7, 11) is 3.08. The van der Waals surface area contributed by atoms with Gasteiger partial charge in [0.05, 0.1) is 20.3 Å². The molecule has 1 aromatic carbocycles.